The highest BCUT2D eigenvalue weighted by Gasteiger charge is 2.20. The zero-order chi connectivity index (χ0) is 33.9. The fraction of sp³-hybridized carbons (Fsp3) is 0.206. The van der Waals surface area contributed by atoms with Gasteiger partial charge >= 0.3 is 12.2 Å². The second-order valence-corrected chi connectivity index (χ2v) is 11.7. The SMILES string of the molecule is C=CCOC(=O)Nc1ccc2c(ccn2C(=O)c2cc(-c3ccc(NC(=O)c4nc(NC(=O)OC(C)(C)C)cn4C)cc3)cn2C)c1. The van der Waals surface area contributed by atoms with E-state index in [1.54, 1.807) is 92.7 Å². The van der Waals surface area contributed by atoms with Crippen molar-refractivity contribution in [1.29, 1.82) is 0 Å². The Hall–Kier alpha value is -6.11. The average Bonchev–Trinajstić information content (AvgIpc) is 3.71. The van der Waals surface area contributed by atoms with E-state index in [-0.39, 0.29) is 24.2 Å². The minimum absolute atomic E-state index is 0.0994. The maximum atomic E-state index is 13.6. The van der Waals surface area contributed by atoms with Crippen molar-refractivity contribution in [1.82, 2.24) is 18.7 Å². The summed E-state index contributed by atoms with van der Waals surface area (Å²) in [5, 5.41) is 8.77. The summed E-state index contributed by atoms with van der Waals surface area (Å²) in [6.45, 7) is 8.87. The monoisotopic (exact) mass is 637 g/mol. The van der Waals surface area contributed by atoms with Crippen LogP contribution >= 0.6 is 0 Å². The van der Waals surface area contributed by atoms with Gasteiger partial charge in [-0.1, -0.05) is 24.8 Å². The van der Waals surface area contributed by atoms with E-state index in [1.165, 1.54) is 16.8 Å². The summed E-state index contributed by atoms with van der Waals surface area (Å²) < 4.78 is 15.0. The topological polar surface area (TPSA) is 151 Å². The third-order valence-corrected chi connectivity index (χ3v) is 6.90. The van der Waals surface area contributed by atoms with Gasteiger partial charge in [-0.15, -0.1) is 0 Å². The zero-order valence-electron chi connectivity index (χ0n) is 26.7. The van der Waals surface area contributed by atoms with Crippen LogP contribution in [0.2, 0.25) is 0 Å². The van der Waals surface area contributed by atoms with Gasteiger partial charge in [0, 0.05) is 55.0 Å². The fourth-order valence-electron chi connectivity index (χ4n) is 4.82. The molecule has 3 heterocycles. The van der Waals surface area contributed by atoms with E-state index in [2.05, 4.69) is 27.5 Å². The highest BCUT2D eigenvalue weighted by atomic mass is 16.6. The Labute approximate surface area is 270 Å². The molecule has 13 heteroatoms. The van der Waals surface area contributed by atoms with Crippen molar-refractivity contribution in [2.45, 2.75) is 26.4 Å². The van der Waals surface area contributed by atoms with Crippen molar-refractivity contribution in [2.24, 2.45) is 14.1 Å². The molecule has 0 atom stereocenters. The Morgan fingerprint density at radius 3 is 2.28 bits per heavy atom. The Morgan fingerprint density at radius 2 is 1.57 bits per heavy atom. The molecule has 5 aromatic rings. The van der Waals surface area contributed by atoms with Gasteiger partial charge < -0.3 is 23.9 Å². The van der Waals surface area contributed by atoms with Crippen molar-refractivity contribution >= 4 is 52.1 Å². The maximum absolute atomic E-state index is 13.6. The van der Waals surface area contributed by atoms with Crippen LogP contribution in [0, 0.1) is 0 Å². The molecule has 0 saturated carbocycles. The highest BCUT2D eigenvalue weighted by Crippen LogP contribution is 2.26. The number of amides is 3. The highest BCUT2D eigenvalue weighted by molar-refractivity contribution is 6.04. The molecule has 0 fully saturated rings. The first-order valence-electron chi connectivity index (χ1n) is 14.6. The number of nitrogens with one attached hydrogen (secondary N) is 3. The molecular formula is C34H35N7O6. The van der Waals surface area contributed by atoms with Gasteiger partial charge in [0.15, 0.2) is 5.82 Å². The number of carbonyl (C=O) groups excluding carboxylic acids is 4. The molecule has 2 aromatic carbocycles. The number of carbonyl (C=O) groups is 4. The Bertz CT molecular complexity index is 1990. The first kappa shape index (κ1) is 32.3. The van der Waals surface area contributed by atoms with Crippen LogP contribution in [-0.4, -0.2) is 54.9 Å². The number of aromatic nitrogens is 4. The van der Waals surface area contributed by atoms with E-state index < -0.39 is 23.7 Å². The van der Waals surface area contributed by atoms with Crippen molar-refractivity contribution in [2.75, 3.05) is 22.6 Å². The molecule has 3 N–H and O–H groups in total. The van der Waals surface area contributed by atoms with Crippen LogP contribution in [0.5, 0.6) is 0 Å². The van der Waals surface area contributed by atoms with Crippen molar-refractivity contribution in [3.05, 3.63) is 97.4 Å². The van der Waals surface area contributed by atoms with Crippen LogP contribution in [0.15, 0.2) is 85.8 Å². The summed E-state index contributed by atoms with van der Waals surface area (Å²) in [6.07, 6.45) is 5.28. The average molecular weight is 638 g/mol. The third-order valence-electron chi connectivity index (χ3n) is 6.90. The molecule has 47 heavy (non-hydrogen) atoms. The van der Waals surface area contributed by atoms with Gasteiger partial charge in [0.1, 0.15) is 17.9 Å². The first-order valence-corrected chi connectivity index (χ1v) is 14.6. The summed E-state index contributed by atoms with van der Waals surface area (Å²) in [7, 11) is 3.45. The lowest BCUT2D eigenvalue weighted by Crippen LogP contribution is -2.27. The zero-order valence-corrected chi connectivity index (χ0v) is 26.7. The van der Waals surface area contributed by atoms with Gasteiger partial charge in [-0.2, -0.15) is 0 Å². The Kier molecular flexibility index (Phi) is 8.99. The smallest absolute Gasteiger partial charge is 0.413 e. The quantitative estimate of drug-likeness (QED) is 0.167. The van der Waals surface area contributed by atoms with E-state index in [4.69, 9.17) is 9.47 Å². The molecule has 5 rings (SSSR count). The van der Waals surface area contributed by atoms with Crippen LogP contribution in [-0.2, 0) is 23.6 Å². The number of hydrogen-bond acceptors (Lipinski definition) is 7. The Balaban J connectivity index is 1.25. The molecule has 0 spiro atoms. The molecule has 0 aliphatic carbocycles. The summed E-state index contributed by atoms with van der Waals surface area (Å²) in [4.78, 5) is 54.7. The number of anilines is 3. The summed E-state index contributed by atoms with van der Waals surface area (Å²) in [6, 6.07) is 16.0. The van der Waals surface area contributed by atoms with Crippen LogP contribution in [0.25, 0.3) is 22.0 Å². The van der Waals surface area contributed by atoms with E-state index in [0.717, 1.165) is 16.5 Å². The number of ether oxygens (including phenoxy) is 2. The number of aryl methyl sites for hydroxylation is 2. The minimum Gasteiger partial charge on any atom is -0.445 e. The lowest BCUT2D eigenvalue weighted by atomic mass is 10.1. The van der Waals surface area contributed by atoms with Crippen molar-refractivity contribution < 1.29 is 28.7 Å². The number of rotatable bonds is 8. The number of nitrogens with zero attached hydrogens (tertiary/aromatic N) is 4. The van der Waals surface area contributed by atoms with E-state index in [9.17, 15) is 19.2 Å². The van der Waals surface area contributed by atoms with Crippen LogP contribution < -0.4 is 16.0 Å². The number of hydrogen-bond donors (Lipinski definition) is 3. The summed E-state index contributed by atoms with van der Waals surface area (Å²) in [5.74, 6) is -0.394. The van der Waals surface area contributed by atoms with Gasteiger partial charge in [0.2, 0.25) is 5.82 Å². The number of fused-ring (bicyclic) bond motifs is 1. The van der Waals surface area contributed by atoms with Gasteiger partial charge in [0.05, 0.1) is 5.52 Å². The molecule has 3 aromatic heterocycles. The molecule has 0 radical (unpaired) electrons. The molecule has 0 aliphatic rings. The molecule has 0 saturated heterocycles. The van der Waals surface area contributed by atoms with Crippen molar-refractivity contribution in [3.63, 3.8) is 0 Å². The second kappa shape index (κ2) is 13.1. The lowest BCUT2D eigenvalue weighted by molar-refractivity contribution is 0.0634. The van der Waals surface area contributed by atoms with E-state index >= 15 is 0 Å². The summed E-state index contributed by atoms with van der Waals surface area (Å²) >= 11 is 0. The van der Waals surface area contributed by atoms with Crippen LogP contribution in [0.4, 0.5) is 26.8 Å². The molecule has 3 amide bonds. The molecule has 242 valence electrons. The predicted octanol–water partition coefficient (Wildman–Crippen LogP) is 6.40. The number of imidazole rings is 1. The van der Waals surface area contributed by atoms with Gasteiger partial charge in [-0.05, 0) is 68.8 Å². The largest absolute Gasteiger partial charge is 0.445 e. The second-order valence-electron chi connectivity index (χ2n) is 11.7. The standard InChI is InChI=1S/C34H35N7O6/c1-7-16-46-32(44)36-25-12-13-26-22(17-25)14-15-41(26)31(43)27-18-23(19-39(27)5)21-8-10-24(11-9-21)35-30(42)29-37-28(20-40(29)6)38-33(45)47-34(2,3)4/h7-15,17-20H,1,16H2,2-6H3,(H,35,42)(H,36,44)(H,38,45). The van der Waals surface area contributed by atoms with Crippen molar-refractivity contribution in [3.8, 4) is 11.1 Å². The Morgan fingerprint density at radius 1 is 0.851 bits per heavy atom. The van der Waals surface area contributed by atoms with Gasteiger partial charge in [-0.25, -0.2) is 14.6 Å². The molecule has 0 unspecified atom stereocenters. The maximum Gasteiger partial charge on any atom is 0.413 e. The molecule has 0 aliphatic heterocycles. The first-order chi connectivity index (χ1) is 22.3. The van der Waals surface area contributed by atoms with E-state index in [0.29, 0.717) is 22.6 Å². The predicted molar refractivity (Wildman–Crippen MR) is 179 cm³/mol. The minimum atomic E-state index is -0.672. The van der Waals surface area contributed by atoms with E-state index in [1.807, 2.05) is 18.3 Å². The van der Waals surface area contributed by atoms with Gasteiger partial charge in [0.25, 0.3) is 11.8 Å². The summed E-state index contributed by atoms with van der Waals surface area (Å²) in [5.41, 5.74) is 3.22. The van der Waals surface area contributed by atoms with Crippen LogP contribution in [0.3, 0.4) is 0 Å². The van der Waals surface area contributed by atoms with Gasteiger partial charge in [-0.3, -0.25) is 24.8 Å². The molecule has 0 bridgehead atoms. The third kappa shape index (κ3) is 7.59. The normalized spacial score (nSPS) is 11.2. The lowest BCUT2D eigenvalue weighted by Gasteiger charge is -2.18. The number of benzene rings is 2. The molecule has 13 nitrogen and oxygen atoms in total. The van der Waals surface area contributed by atoms with Crippen LogP contribution in [0.1, 0.15) is 41.9 Å². The molecular weight excluding hydrogens is 602 g/mol. The fourth-order valence-corrected chi connectivity index (χ4v) is 4.82.